The number of nitrogens with two attached hydrogens (primary N) is 2. The van der Waals surface area contributed by atoms with Gasteiger partial charge in [-0.25, -0.2) is 4.98 Å². The largest absolute Gasteiger partial charge is 0.383 e. The molecule has 78 valence electrons. The number of nitrogens with one attached hydrogen (secondary N) is 1. The molecule has 0 bridgehead atoms. The van der Waals surface area contributed by atoms with Gasteiger partial charge in [-0.05, 0) is 31.5 Å². The van der Waals surface area contributed by atoms with Gasteiger partial charge in [0.25, 0.3) is 0 Å². The Kier molecular flexibility index (Phi) is 3.00. The monoisotopic (exact) mass is 212 g/mol. The molecule has 4 nitrogen and oxygen atoms in total. The van der Waals surface area contributed by atoms with Crippen molar-refractivity contribution in [2.24, 2.45) is 17.6 Å². The molecule has 0 amide bonds. The Hall–Kier alpha value is -0.650. The smallest absolute Gasteiger partial charge is 0.134 e. The lowest BCUT2D eigenvalue weighted by Crippen LogP contribution is -2.23. The second-order valence-corrected chi connectivity index (χ2v) is 4.73. The fourth-order valence-electron chi connectivity index (χ4n) is 1.95. The molecule has 0 aromatic carbocycles. The van der Waals surface area contributed by atoms with Crippen LogP contribution in [0.4, 0.5) is 5.82 Å². The first kappa shape index (κ1) is 9.89. The summed E-state index contributed by atoms with van der Waals surface area (Å²) in [6.07, 6.45) is 1.01. The van der Waals surface area contributed by atoms with Gasteiger partial charge in [0.1, 0.15) is 5.82 Å². The first-order valence-electron chi connectivity index (χ1n) is 4.90. The zero-order valence-electron chi connectivity index (χ0n) is 8.07. The summed E-state index contributed by atoms with van der Waals surface area (Å²) < 4.78 is 0. The topological polar surface area (TPSA) is 77.0 Å². The average Bonchev–Trinajstić information content (AvgIpc) is 2.76. The molecule has 1 aliphatic rings. The van der Waals surface area contributed by atoms with E-state index in [1.165, 1.54) is 0 Å². The van der Waals surface area contributed by atoms with E-state index >= 15 is 0 Å². The first-order valence-corrected chi connectivity index (χ1v) is 5.78. The van der Waals surface area contributed by atoms with Gasteiger partial charge in [-0.15, -0.1) is 11.3 Å². The van der Waals surface area contributed by atoms with Gasteiger partial charge in [0.2, 0.25) is 0 Å². The fourth-order valence-corrected chi connectivity index (χ4v) is 2.72. The van der Waals surface area contributed by atoms with Gasteiger partial charge in [0, 0.05) is 11.8 Å². The van der Waals surface area contributed by atoms with Crippen molar-refractivity contribution in [2.45, 2.75) is 6.42 Å². The highest BCUT2D eigenvalue weighted by molar-refractivity contribution is 7.10. The van der Waals surface area contributed by atoms with Gasteiger partial charge < -0.3 is 16.8 Å². The number of hydrogen-bond acceptors (Lipinski definition) is 5. The number of rotatable bonds is 3. The van der Waals surface area contributed by atoms with Crippen LogP contribution in [0.5, 0.6) is 0 Å². The molecule has 0 saturated carbocycles. The van der Waals surface area contributed by atoms with Gasteiger partial charge >= 0.3 is 0 Å². The zero-order chi connectivity index (χ0) is 9.97. The van der Waals surface area contributed by atoms with Crippen LogP contribution in [0.25, 0.3) is 0 Å². The second kappa shape index (κ2) is 4.25. The van der Waals surface area contributed by atoms with E-state index in [9.17, 15) is 0 Å². The third-order valence-electron chi connectivity index (χ3n) is 2.79. The van der Waals surface area contributed by atoms with E-state index in [0.29, 0.717) is 17.7 Å². The molecular formula is C9H16N4S. The third kappa shape index (κ3) is 2.05. The van der Waals surface area contributed by atoms with Crippen LogP contribution in [0.2, 0.25) is 0 Å². The lowest BCUT2D eigenvalue weighted by molar-refractivity contribution is 0.425. The number of aromatic nitrogens is 1. The highest BCUT2D eigenvalue weighted by Crippen LogP contribution is 2.22. The van der Waals surface area contributed by atoms with E-state index in [1.807, 2.05) is 5.38 Å². The van der Waals surface area contributed by atoms with Gasteiger partial charge in [-0.3, -0.25) is 0 Å². The summed E-state index contributed by atoms with van der Waals surface area (Å²) in [5.41, 5.74) is 11.3. The summed E-state index contributed by atoms with van der Waals surface area (Å²) in [7, 11) is 0. The summed E-state index contributed by atoms with van der Waals surface area (Å²) in [6.45, 7) is 2.86. The van der Waals surface area contributed by atoms with E-state index in [1.54, 1.807) is 11.3 Å². The van der Waals surface area contributed by atoms with Crippen LogP contribution in [0.1, 0.15) is 5.01 Å². The molecule has 1 fully saturated rings. The molecule has 2 atom stereocenters. The molecule has 0 aliphatic carbocycles. The molecule has 2 heterocycles. The minimum atomic E-state index is 0.597. The lowest BCUT2D eigenvalue weighted by Gasteiger charge is -2.14. The van der Waals surface area contributed by atoms with E-state index in [4.69, 9.17) is 11.5 Å². The number of nitrogen functional groups attached to an aromatic ring is 1. The van der Waals surface area contributed by atoms with Crippen molar-refractivity contribution >= 4 is 17.2 Å². The van der Waals surface area contributed by atoms with Gasteiger partial charge in [0.15, 0.2) is 0 Å². The summed E-state index contributed by atoms with van der Waals surface area (Å²) in [5, 5.41) is 6.40. The maximum Gasteiger partial charge on any atom is 0.134 e. The molecule has 14 heavy (non-hydrogen) atoms. The first-order chi connectivity index (χ1) is 6.79. The Balaban J connectivity index is 1.96. The molecule has 1 aromatic rings. The average molecular weight is 212 g/mol. The number of thiazole rings is 1. The maximum absolute atomic E-state index is 5.70. The summed E-state index contributed by atoms with van der Waals surface area (Å²) in [5.74, 6) is 1.87. The third-order valence-corrected chi connectivity index (χ3v) is 3.68. The number of nitrogens with zero attached hydrogens (tertiary/aromatic N) is 1. The zero-order valence-corrected chi connectivity index (χ0v) is 8.89. The Morgan fingerprint density at radius 3 is 2.93 bits per heavy atom. The van der Waals surface area contributed by atoms with Crippen molar-refractivity contribution in [2.75, 3.05) is 25.4 Å². The minimum Gasteiger partial charge on any atom is -0.383 e. The van der Waals surface area contributed by atoms with Crippen LogP contribution in [-0.2, 0) is 6.42 Å². The summed E-state index contributed by atoms with van der Waals surface area (Å²) >= 11 is 1.64. The van der Waals surface area contributed by atoms with Crippen molar-refractivity contribution in [1.29, 1.82) is 0 Å². The molecule has 0 radical (unpaired) electrons. The summed E-state index contributed by atoms with van der Waals surface area (Å²) in [6, 6.07) is 0. The van der Waals surface area contributed by atoms with Crippen LogP contribution in [-0.4, -0.2) is 24.6 Å². The number of anilines is 1. The highest BCUT2D eigenvalue weighted by atomic mass is 32.1. The maximum atomic E-state index is 5.70. The van der Waals surface area contributed by atoms with Crippen LogP contribution < -0.4 is 16.8 Å². The molecule has 0 spiro atoms. The van der Waals surface area contributed by atoms with Crippen molar-refractivity contribution < 1.29 is 0 Å². The Morgan fingerprint density at radius 1 is 1.50 bits per heavy atom. The van der Waals surface area contributed by atoms with Crippen molar-refractivity contribution in [1.82, 2.24) is 10.3 Å². The van der Waals surface area contributed by atoms with E-state index < -0.39 is 0 Å². The molecule has 2 unspecified atom stereocenters. The van der Waals surface area contributed by atoms with Crippen LogP contribution >= 0.6 is 11.3 Å². The van der Waals surface area contributed by atoms with Crippen LogP contribution in [0.15, 0.2) is 5.38 Å². The Bertz CT molecular complexity index is 299. The van der Waals surface area contributed by atoms with Gasteiger partial charge in [-0.1, -0.05) is 0 Å². The highest BCUT2D eigenvalue weighted by Gasteiger charge is 2.26. The standard InChI is InChI=1S/C9H16N4S/c10-2-7-4-12-3-6(7)1-9-13-8(11)5-14-9/h5-7,12H,1-4,10-11H2. The van der Waals surface area contributed by atoms with Crippen molar-refractivity contribution in [3.05, 3.63) is 10.4 Å². The molecular weight excluding hydrogens is 196 g/mol. The Labute approximate surface area is 87.7 Å². The van der Waals surface area contributed by atoms with Crippen molar-refractivity contribution in [3.63, 3.8) is 0 Å². The predicted octanol–water partition coefficient (Wildman–Crippen LogP) is 0.0621. The predicted molar refractivity (Wildman–Crippen MR) is 59.1 cm³/mol. The molecule has 1 aromatic heterocycles. The van der Waals surface area contributed by atoms with Gasteiger partial charge in [0.05, 0.1) is 5.01 Å². The molecule has 1 aliphatic heterocycles. The minimum absolute atomic E-state index is 0.597. The fraction of sp³-hybridized carbons (Fsp3) is 0.667. The quantitative estimate of drug-likeness (QED) is 0.662. The Morgan fingerprint density at radius 2 is 2.29 bits per heavy atom. The summed E-state index contributed by atoms with van der Waals surface area (Å²) in [4.78, 5) is 4.27. The van der Waals surface area contributed by atoms with Gasteiger partial charge in [-0.2, -0.15) is 0 Å². The van der Waals surface area contributed by atoms with E-state index in [0.717, 1.165) is 31.1 Å². The normalized spacial score (nSPS) is 26.9. The lowest BCUT2D eigenvalue weighted by atomic mass is 9.93. The second-order valence-electron chi connectivity index (χ2n) is 3.78. The van der Waals surface area contributed by atoms with Crippen LogP contribution in [0, 0.1) is 11.8 Å². The number of hydrogen-bond donors (Lipinski definition) is 3. The molecule has 1 saturated heterocycles. The van der Waals surface area contributed by atoms with E-state index in [2.05, 4.69) is 10.3 Å². The molecule has 2 rings (SSSR count). The SMILES string of the molecule is NCC1CNCC1Cc1nc(N)cs1. The van der Waals surface area contributed by atoms with Crippen molar-refractivity contribution in [3.8, 4) is 0 Å². The molecule has 5 N–H and O–H groups in total. The molecule has 5 heteroatoms. The van der Waals surface area contributed by atoms with E-state index in [-0.39, 0.29) is 0 Å². The van der Waals surface area contributed by atoms with Crippen LogP contribution in [0.3, 0.4) is 0 Å².